The monoisotopic (exact) mass is 393 g/mol. The predicted octanol–water partition coefficient (Wildman–Crippen LogP) is 3.47. The highest BCUT2D eigenvalue weighted by Gasteiger charge is 2.25. The summed E-state index contributed by atoms with van der Waals surface area (Å²) < 4.78 is 0. The van der Waals surface area contributed by atoms with E-state index in [0.717, 1.165) is 38.4 Å². The van der Waals surface area contributed by atoms with Crippen LogP contribution in [0.5, 0.6) is 0 Å². The molecule has 1 aliphatic heterocycles. The number of guanidine groups is 1. The highest BCUT2D eigenvalue weighted by Crippen LogP contribution is 2.20. The summed E-state index contributed by atoms with van der Waals surface area (Å²) in [5.41, 5.74) is 3.86. The number of nitrogens with zero attached hydrogens (tertiary/aromatic N) is 3. The molecule has 5 nitrogen and oxygen atoms in total. The maximum absolute atomic E-state index is 4.43. The molecule has 5 heteroatoms. The lowest BCUT2D eigenvalue weighted by molar-refractivity contribution is 0.134. The molecule has 2 N–H and O–H groups in total. The van der Waals surface area contributed by atoms with Crippen molar-refractivity contribution in [1.29, 1.82) is 0 Å². The molecule has 156 valence electrons. The summed E-state index contributed by atoms with van der Waals surface area (Å²) in [4.78, 5) is 9.12. The molecular weight excluding hydrogens is 358 g/mol. The van der Waals surface area contributed by atoms with Crippen LogP contribution in [-0.2, 0) is 13.1 Å². The van der Waals surface area contributed by atoms with Crippen LogP contribution in [0.3, 0.4) is 0 Å². The minimum atomic E-state index is 0.458. The Hall–Kier alpha value is -2.53. The average Bonchev–Trinajstić information content (AvgIpc) is 2.74. The molecule has 1 heterocycles. The zero-order valence-electron chi connectivity index (χ0n) is 18.2. The number of hydrogen-bond donors (Lipinski definition) is 2. The molecule has 2 unspecified atom stereocenters. The fourth-order valence-electron chi connectivity index (χ4n) is 3.89. The standard InChI is InChI=1S/C24H35N5/c1-19-16-22(14-15-29(19)18-21-8-6-5-7-9-21)27-24(25-2)26-17-20-10-12-23(13-11-20)28(3)4/h5-13,19,22H,14-18H2,1-4H3,(H2,25,26,27). The van der Waals surface area contributed by atoms with Crippen LogP contribution in [-0.4, -0.2) is 50.6 Å². The van der Waals surface area contributed by atoms with Crippen molar-refractivity contribution < 1.29 is 0 Å². The second kappa shape index (κ2) is 10.3. The Morgan fingerprint density at radius 3 is 2.41 bits per heavy atom. The number of aliphatic imine (C=N–C) groups is 1. The number of rotatable bonds is 6. The lowest BCUT2D eigenvalue weighted by Crippen LogP contribution is -2.51. The summed E-state index contributed by atoms with van der Waals surface area (Å²) in [6.07, 6.45) is 2.26. The van der Waals surface area contributed by atoms with E-state index >= 15 is 0 Å². The first-order valence-corrected chi connectivity index (χ1v) is 10.6. The van der Waals surface area contributed by atoms with Gasteiger partial charge in [-0.25, -0.2) is 0 Å². The highest BCUT2D eigenvalue weighted by atomic mass is 15.2. The van der Waals surface area contributed by atoms with Gasteiger partial charge in [0.2, 0.25) is 0 Å². The largest absolute Gasteiger partial charge is 0.378 e. The zero-order chi connectivity index (χ0) is 20.6. The number of anilines is 1. The van der Waals surface area contributed by atoms with Crippen LogP contribution >= 0.6 is 0 Å². The summed E-state index contributed by atoms with van der Waals surface area (Å²) in [5.74, 6) is 0.885. The molecule has 0 spiro atoms. The molecule has 1 saturated heterocycles. The van der Waals surface area contributed by atoms with E-state index in [1.165, 1.54) is 16.8 Å². The molecule has 1 fully saturated rings. The molecule has 0 aliphatic carbocycles. The van der Waals surface area contributed by atoms with E-state index in [4.69, 9.17) is 0 Å². The van der Waals surface area contributed by atoms with Crippen LogP contribution < -0.4 is 15.5 Å². The van der Waals surface area contributed by atoms with Crippen molar-refractivity contribution in [2.75, 3.05) is 32.6 Å². The van der Waals surface area contributed by atoms with E-state index in [2.05, 4.69) is 101 Å². The molecule has 3 rings (SSSR count). The van der Waals surface area contributed by atoms with E-state index in [1.54, 1.807) is 0 Å². The van der Waals surface area contributed by atoms with Crippen molar-refractivity contribution in [1.82, 2.24) is 15.5 Å². The first-order chi connectivity index (χ1) is 14.0. The lowest BCUT2D eigenvalue weighted by atomic mass is 9.97. The molecule has 2 aromatic rings. The van der Waals surface area contributed by atoms with Crippen molar-refractivity contribution in [3.8, 4) is 0 Å². The van der Waals surface area contributed by atoms with Gasteiger partial charge in [-0.15, -0.1) is 0 Å². The van der Waals surface area contributed by atoms with Crippen LogP contribution in [0.25, 0.3) is 0 Å². The third-order valence-corrected chi connectivity index (χ3v) is 5.72. The number of piperidine rings is 1. The van der Waals surface area contributed by atoms with Gasteiger partial charge in [-0.05, 0) is 43.0 Å². The van der Waals surface area contributed by atoms with Crippen molar-refractivity contribution in [3.63, 3.8) is 0 Å². The Morgan fingerprint density at radius 2 is 1.79 bits per heavy atom. The normalized spacial score (nSPS) is 20.3. The van der Waals surface area contributed by atoms with Crippen LogP contribution in [0.1, 0.15) is 30.9 Å². The Balaban J connectivity index is 1.46. The van der Waals surface area contributed by atoms with Crippen LogP contribution in [0.2, 0.25) is 0 Å². The van der Waals surface area contributed by atoms with Gasteiger partial charge in [0, 0.05) is 58.5 Å². The Morgan fingerprint density at radius 1 is 1.07 bits per heavy atom. The van der Waals surface area contributed by atoms with Gasteiger partial charge in [0.05, 0.1) is 0 Å². The van der Waals surface area contributed by atoms with Gasteiger partial charge in [0.1, 0.15) is 0 Å². The number of benzene rings is 2. The van der Waals surface area contributed by atoms with Gasteiger partial charge in [0.25, 0.3) is 0 Å². The third kappa shape index (κ3) is 6.23. The summed E-state index contributed by atoms with van der Waals surface area (Å²) >= 11 is 0. The lowest BCUT2D eigenvalue weighted by Gasteiger charge is -2.38. The summed E-state index contributed by atoms with van der Waals surface area (Å²) in [6, 6.07) is 20.4. The van der Waals surface area contributed by atoms with Crippen molar-refractivity contribution in [2.45, 2.75) is 44.9 Å². The minimum Gasteiger partial charge on any atom is -0.378 e. The molecule has 0 amide bonds. The van der Waals surface area contributed by atoms with Crippen LogP contribution in [0.4, 0.5) is 5.69 Å². The van der Waals surface area contributed by atoms with Gasteiger partial charge in [-0.2, -0.15) is 0 Å². The average molecular weight is 394 g/mol. The quantitative estimate of drug-likeness (QED) is 0.583. The second-order valence-corrected chi connectivity index (χ2v) is 8.16. The van der Waals surface area contributed by atoms with E-state index in [-0.39, 0.29) is 0 Å². The predicted molar refractivity (Wildman–Crippen MR) is 123 cm³/mol. The van der Waals surface area contributed by atoms with Crippen molar-refractivity contribution in [2.24, 2.45) is 4.99 Å². The van der Waals surface area contributed by atoms with Gasteiger partial charge >= 0.3 is 0 Å². The summed E-state index contributed by atoms with van der Waals surface area (Å²) in [6.45, 7) is 5.25. The Bertz CT molecular complexity index is 770. The topological polar surface area (TPSA) is 42.9 Å². The maximum atomic E-state index is 4.43. The SMILES string of the molecule is CN=C(NCc1ccc(N(C)C)cc1)NC1CCN(Cc2ccccc2)C(C)C1. The van der Waals surface area contributed by atoms with E-state index in [1.807, 2.05) is 7.05 Å². The minimum absolute atomic E-state index is 0.458. The molecule has 2 aromatic carbocycles. The fraction of sp³-hybridized carbons (Fsp3) is 0.458. The highest BCUT2D eigenvalue weighted by molar-refractivity contribution is 5.80. The molecule has 0 saturated carbocycles. The third-order valence-electron chi connectivity index (χ3n) is 5.72. The molecule has 2 atom stereocenters. The first-order valence-electron chi connectivity index (χ1n) is 10.6. The second-order valence-electron chi connectivity index (χ2n) is 8.16. The molecule has 1 aliphatic rings. The number of nitrogens with one attached hydrogen (secondary N) is 2. The first kappa shape index (κ1) is 21.2. The molecular formula is C24H35N5. The summed E-state index contributed by atoms with van der Waals surface area (Å²) in [7, 11) is 5.97. The Kier molecular flexibility index (Phi) is 7.53. The zero-order valence-corrected chi connectivity index (χ0v) is 18.2. The molecule has 0 bridgehead atoms. The summed E-state index contributed by atoms with van der Waals surface area (Å²) in [5, 5.41) is 7.08. The Labute approximate surface area is 175 Å². The van der Waals surface area contributed by atoms with Gasteiger partial charge in [0.15, 0.2) is 5.96 Å². The number of hydrogen-bond acceptors (Lipinski definition) is 3. The van der Waals surface area contributed by atoms with Crippen molar-refractivity contribution >= 4 is 11.6 Å². The maximum Gasteiger partial charge on any atom is 0.191 e. The van der Waals surface area contributed by atoms with E-state index < -0.39 is 0 Å². The van der Waals surface area contributed by atoms with Crippen LogP contribution in [0, 0.1) is 0 Å². The van der Waals surface area contributed by atoms with E-state index in [0.29, 0.717) is 12.1 Å². The van der Waals surface area contributed by atoms with Gasteiger partial charge in [-0.3, -0.25) is 9.89 Å². The molecule has 0 radical (unpaired) electrons. The smallest absolute Gasteiger partial charge is 0.191 e. The number of likely N-dealkylation sites (tertiary alicyclic amines) is 1. The van der Waals surface area contributed by atoms with E-state index in [9.17, 15) is 0 Å². The van der Waals surface area contributed by atoms with Gasteiger partial charge < -0.3 is 15.5 Å². The fourth-order valence-corrected chi connectivity index (χ4v) is 3.89. The van der Waals surface area contributed by atoms with Crippen LogP contribution in [0.15, 0.2) is 59.6 Å². The van der Waals surface area contributed by atoms with Gasteiger partial charge in [-0.1, -0.05) is 42.5 Å². The molecule has 29 heavy (non-hydrogen) atoms. The molecule has 0 aromatic heterocycles. The van der Waals surface area contributed by atoms with Crippen molar-refractivity contribution in [3.05, 3.63) is 65.7 Å².